The molecule has 0 bridgehead atoms. The van der Waals surface area contributed by atoms with Crippen molar-refractivity contribution in [3.8, 4) is 0 Å². The molecule has 0 radical (unpaired) electrons. The van der Waals surface area contributed by atoms with E-state index in [2.05, 4.69) is 15.7 Å². The van der Waals surface area contributed by atoms with Crippen molar-refractivity contribution in [1.29, 1.82) is 0 Å². The Bertz CT molecular complexity index is 756. The molecule has 0 spiro atoms. The zero-order chi connectivity index (χ0) is 19.1. The van der Waals surface area contributed by atoms with Crippen molar-refractivity contribution in [2.45, 2.75) is 39.8 Å². The summed E-state index contributed by atoms with van der Waals surface area (Å²) < 4.78 is 6.81. The molecular formula is C19H26N4O3. The largest absolute Gasteiger partial charge is 0.466 e. The Morgan fingerprint density at radius 2 is 1.92 bits per heavy atom. The molecule has 2 rings (SSSR count). The fraction of sp³-hybridized carbons (Fsp3) is 0.421. The third kappa shape index (κ3) is 5.08. The van der Waals surface area contributed by atoms with E-state index in [1.54, 1.807) is 11.6 Å². The van der Waals surface area contributed by atoms with Gasteiger partial charge in [-0.25, -0.2) is 4.79 Å². The molecule has 0 saturated heterocycles. The smallest absolute Gasteiger partial charge is 0.315 e. The quantitative estimate of drug-likeness (QED) is 0.745. The molecule has 2 N–H and O–H groups in total. The number of amides is 2. The number of carbonyl (C=O) groups excluding carboxylic acids is 2. The van der Waals surface area contributed by atoms with Crippen LogP contribution in [0, 0.1) is 13.8 Å². The average molecular weight is 358 g/mol. The number of ether oxygens (including phenoxy) is 1. The van der Waals surface area contributed by atoms with Crippen LogP contribution in [-0.4, -0.2) is 28.4 Å². The number of rotatable bonds is 7. The molecule has 140 valence electrons. The van der Waals surface area contributed by atoms with Gasteiger partial charge < -0.3 is 15.4 Å². The van der Waals surface area contributed by atoms with E-state index in [1.165, 1.54) is 0 Å². The first kappa shape index (κ1) is 19.5. The molecule has 0 aliphatic heterocycles. The Kier molecular flexibility index (Phi) is 6.77. The SMILES string of the molecule is CCOC(=O)CC(NC(=O)NCc1c(C)nn(C)c1C)c1ccccc1. The van der Waals surface area contributed by atoms with Crippen LogP contribution in [0.2, 0.25) is 0 Å². The highest BCUT2D eigenvalue weighted by Gasteiger charge is 2.19. The minimum Gasteiger partial charge on any atom is -0.466 e. The predicted molar refractivity (Wildman–Crippen MR) is 98.5 cm³/mol. The molecule has 7 heteroatoms. The molecule has 1 atom stereocenters. The van der Waals surface area contributed by atoms with Crippen LogP contribution < -0.4 is 10.6 Å². The Balaban J connectivity index is 2.02. The van der Waals surface area contributed by atoms with Crippen LogP contribution in [0.25, 0.3) is 0 Å². The van der Waals surface area contributed by atoms with Crippen LogP contribution in [0.5, 0.6) is 0 Å². The number of hydrogen-bond acceptors (Lipinski definition) is 4. The lowest BCUT2D eigenvalue weighted by Gasteiger charge is -2.19. The van der Waals surface area contributed by atoms with Crippen molar-refractivity contribution in [1.82, 2.24) is 20.4 Å². The summed E-state index contributed by atoms with van der Waals surface area (Å²) in [6, 6.07) is 8.58. The van der Waals surface area contributed by atoms with E-state index in [4.69, 9.17) is 4.74 Å². The van der Waals surface area contributed by atoms with Gasteiger partial charge in [-0.05, 0) is 26.3 Å². The van der Waals surface area contributed by atoms with Crippen LogP contribution in [0.3, 0.4) is 0 Å². The summed E-state index contributed by atoms with van der Waals surface area (Å²) in [5.74, 6) is -0.347. The Hall–Kier alpha value is -2.83. The first-order valence-electron chi connectivity index (χ1n) is 8.66. The van der Waals surface area contributed by atoms with Gasteiger partial charge in [0, 0.05) is 24.8 Å². The standard InChI is InChI=1S/C19H26N4O3/c1-5-26-18(24)11-17(15-9-7-6-8-10-15)21-19(25)20-12-16-13(2)22-23(4)14(16)3/h6-10,17H,5,11-12H2,1-4H3,(H2,20,21,25). The molecule has 1 aromatic carbocycles. The van der Waals surface area contributed by atoms with Crippen LogP contribution in [0.4, 0.5) is 4.79 Å². The van der Waals surface area contributed by atoms with Crippen LogP contribution in [-0.2, 0) is 23.1 Å². The number of carbonyl (C=O) groups is 2. The van der Waals surface area contributed by atoms with Crippen molar-refractivity contribution in [3.63, 3.8) is 0 Å². The third-order valence-electron chi connectivity index (χ3n) is 4.27. The minimum absolute atomic E-state index is 0.0796. The minimum atomic E-state index is -0.452. The highest BCUT2D eigenvalue weighted by Crippen LogP contribution is 2.17. The molecule has 0 fully saturated rings. The summed E-state index contributed by atoms with van der Waals surface area (Å²) in [4.78, 5) is 24.2. The lowest BCUT2D eigenvalue weighted by molar-refractivity contribution is -0.143. The second-order valence-electron chi connectivity index (χ2n) is 6.07. The summed E-state index contributed by atoms with van der Waals surface area (Å²) in [6.45, 7) is 6.32. The van der Waals surface area contributed by atoms with E-state index in [1.807, 2.05) is 51.2 Å². The first-order chi connectivity index (χ1) is 12.4. The molecule has 1 aromatic heterocycles. The molecule has 2 aromatic rings. The summed E-state index contributed by atoms with van der Waals surface area (Å²) in [6.07, 6.45) is 0.0796. The summed E-state index contributed by atoms with van der Waals surface area (Å²) >= 11 is 0. The Morgan fingerprint density at radius 1 is 1.23 bits per heavy atom. The summed E-state index contributed by atoms with van der Waals surface area (Å²) in [7, 11) is 1.87. The average Bonchev–Trinajstić information content (AvgIpc) is 2.85. The van der Waals surface area contributed by atoms with Gasteiger partial charge in [-0.3, -0.25) is 9.48 Å². The first-order valence-corrected chi connectivity index (χ1v) is 8.66. The number of nitrogens with zero attached hydrogens (tertiary/aromatic N) is 2. The monoisotopic (exact) mass is 358 g/mol. The number of urea groups is 1. The molecular weight excluding hydrogens is 332 g/mol. The van der Waals surface area contributed by atoms with Crippen molar-refractivity contribution in [2.24, 2.45) is 7.05 Å². The van der Waals surface area contributed by atoms with E-state index >= 15 is 0 Å². The van der Waals surface area contributed by atoms with Gasteiger partial charge in [0.2, 0.25) is 0 Å². The van der Waals surface area contributed by atoms with Crippen molar-refractivity contribution in [3.05, 3.63) is 52.8 Å². The highest BCUT2D eigenvalue weighted by molar-refractivity contribution is 5.76. The number of aryl methyl sites for hydroxylation is 2. The molecule has 0 aliphatic rings. The molecule has 0 aliphatic carbocycles. The van der Waals surface area contributed by atoms with Crippen molar-refractivity contribution in [2.75, 3.05) is 6.61 Å². The molecule has 1 heterocycles. The maximum Gasteiger partial charge on any atom is 0.315 e. The molecule has 7 nitrogen and oxygen atoms in total. The van der Waals surface area contributed by atoms with E-state index < -0.39 is 6.04 Å². The normalized spacial score (nSPS) is 11.7. The number of esters is 1. The summed E-state index contributed by atoms with van der Waals surface area (Å²) in [5.41, 5.74) is 3.74. The lowest BCUT2D eigenvalue weighted by Crippen LogP contribution is -2.38. The third-order valence-corrected chi connectivity index (χ3v) is 4.27. The van der Waals surface area contributed by atoms with Gasteiger partial charge in [0.05, 0.1) is 24.8 Å². The lowest BCUT2D eigenvalue weighted by atomic mass is 10.0. The second kappa shape index (κ2) is 9.03. The van der Waals surface area contributed by atoms with Crippen LogP contribution in [0.1, 0.15) is 41.9 Å². The molecule has 2 amide bonds. The Morgan fingerprint density at radius 3 is 2.50 bits per heavy atom. The zero-order valence-corrected chi connectivity index (χ0v) is 15.7. The van der Waals surface area contributed by atoms with Gasteiger partial charge >= 0.3 is 12.0 Å². The maximum absolute atomic E-state index is 12.4. The van der Waals surface area contributed by atoms with Gasteiger partial charge in [-0.1, -0.05) is 30.3 Å². The Labute approximate surface area is 153 Å². The van der Waals surface area contributed by atoms with Crippen LogP contribution >= 0.6 is 0 Å². The van der Waals surface area contributed by atoms with Gasteiger partial charge in [-0.15, -0.1) is 0 Å². The highest BCUT2D eigenvalue weighted by atomic mass is 16.5. The fourth-order valence-corrected chi connectivity index (χ4v) is 2.78. The maximum atomic E-state index is 12.4. The predicted octanol–water partition coefficient (Wildman–Crippen LogP) is 2.53. The van der Waals surface area contributed by atoms with Crippen LogP contribution in [0.15, 0.2) is 30.3 Å². The molecule has 26 heavy (non-hydrogen) atoms. The summed E-state index contributed by atoms with van der Waals surface area (Å²) in [5, 5.41) is 10.0. The number of hydrogen-bond donors (Lipinski definition) is 2. The topological polar surface area (TPSA) is 85.2 Å². The zero-order valence-electron chi connectivity index (χ0n) is 15.7. The molecule has 0 saturated carbocycles. The van der Waals surface area contributed by atoms with E-state index in [0.29, 0.717) is 13.2 Å². The van der Waals surface area contributed by atoms with Gasteiger partial charge in [0.15, 0.2) is 0 Å². The van der Waals surface area contributed by atoms with Gasteiger partial charge in [0.25, 0.3) is 0 Å². The van der Waals surface area contributed by atoms with Gasteiger partial charge in [0.1, 0.15) is 0 Å². The van der Waals surface area contributed by atoms with Crippen molar-refractivity contribution >= 4 is 12.0 Å². The number of nitrogens with one attached hydrogen (secondary N) is 2. The van der Waals surface area contributed by atoms with Crippen molar-refractivity contribution < 1.29 is 14.3 Å². The second-order valence-corrected chi connectivity index (χ2v) is 6.07. The number of benzene rings is 1. The number of aromatic nitrogens is 2. The van der Waals surface area contributed by atoms with Gasteiger partial charge in [-0.2, -0.15) is 5.10 Å². The molecule has 1 unspecified atom stereocenters. The van der Waals surface area contributed by atoms with E-state index in [0.717, 1.165) is 22.5 Å². The van der Waals surface area contributed by atoms with E-state index in [-0.39, 0.29) is 18.4 Å². The fourth-order valence-electron chi connectivity index (χ4n) is 2.78. The van der Waals surface area contributed by atoms with E-state index in [9.17, 15) is 9.59 Å².